The lowest BCUT2D eigenvalue weighted by atomic mass is 10.2. The number of aromatic carboxylic acids is 1. The molecule has 0 aliphatic heterocycles. The predicted molar refractivity (Wildman–Crippen MR) is 60.0 cm³/mol. The number of fused-ring (bicyclic) bond motifs is 1. The number of carbonyl (C=O) groups is 1. The van der Waals surface area contributed by atoms with Gasteiger partial charge in [-0.3, -0.25) is 0 Å². The molecule has 82 valence electrons. The lowest BCUT2D eigenvalue weighted by Crippen LogP contribution is -1.96. The topological polar surface area (TPSA) is 55.1 Å². The number of imidazole rings is 1. The minimum absolute atomic E-state index is 0.240. The molecule has 1 aliphatic rings. The van der Waals surface area contributed by atoms with Crippen LogP contribution in [-0.4, -0.2) is 20.6 Å². The highest BCUT2D eigenvalue weighted by molar-refractivity contribution is 6.29. The van der Waals surface area contributed by atoms with Crippen molar-refractivity contribution >= 4 is 28.6 Å². The third-order valence-electron chi connectivity index (χ3n) is 2.81. The van der Waals surface area contributed by atoms with Crippen LogP contribution in [0.1, 0.15) is 29.2 Å². The largest absolute Gasteiger partial charge is 0.478 e. The Morgan fingerprint density at radius 2 is 2.25 bits per heavy atom. The number of rotatable bonds is 2. The predicted octanol–water partition coefficient (Wildman–Crippen LogP) is 2.72. The van der Waals surface area contributed by atoms with Crippen LogP contribution >= 0.6 is 11.6 Å². The Labute approximate surface area is 96.5 Å². The van der Waals surface area contributed by atoms with Crippen molar-refractivity contribution in [2.24, 2.45) is 0 Å². The number of aromatic nitrogens is 2. The second kappa shape index (κ2) is 3.22. The summed E-state index contributed by atoms with van der Waals surface area (Å²) in [5, 5.41) is 9.32. The van der Waals surface area contributed by atoms with E-state index in [-0.39, 0.29) is 5.56 Å². The van der Waals surface area contributed by atoms with Crippen molar-refractivity contribution in [3.8, 4) is 0 Å². The molecule has 0 amide bonds. The zero-order valence-corrected chi connectivity index (χ0v) is 9.11. The number of hydrogen-bond acceptors (Lipinski definition) is 2. The van der Waals surface area contributed by atoms with E-state index in [1.807, 2.05) is 4.57 Å². The fraction of sp³-hybridized carbons (Fsp3) is 0.273. The smallest absolute Gasteiger partial charge is 0.335 e. The van der Waals surface area contributed by atoms with Gasteiger partial charge in [0.1, 0.15) is 0 Å². The monoisotopic (exact) mass is 236 g/mol. The van der Waals surface area contributed by atoms with Crippen LogP contribution in [0.15, 0.2) is 18.2 Å². The van der Waals surface area contributed by atoms with Gasteiger partial charge in [-0.25, -0.2) is 9.78 Å². The van der Waals surface area contributed by atoms with E-state index in [4.69, 9.17) is 16.7 Å². The summed E-state index contributed by atoms with van der Waals surface area (Å²) in [7, 11) is 0. The SMILES string of the molecule is O=C(O)c1ccc2c(c1)nc(Cl)n2C1CC1. The molecule has 16 heavy (non-hydrogen) atoms. The standard InChI is InChI=1S/C11H9ClN2O2/c12-11-13-8-5-6(10(15)16)1-4-9(8)14(11)7-2-3-7/h1,4-5,7H,2-3H2,(H,15,16). The summed E-state index contributed by atoms with van der Waals surface area (Å²) in [5.41, 5.74) is 1.80. The number of carboxylic acids is 1. The summed E-state index contributed by atoms with van der Waals surface area (Å²) < 4.78 is 1.97. The van der Waals surface area contributed by atoms with Crippen molar-refractivity contribution in [3.05, 3.63) is 29.0 Å². The molecule has 1 fully saturated rings. The van der Waals surface area contributed by atoms with Gasteiger partial charge in [0.25, 0.3) is 0 Å². The van der Waals surface area contributed by atoms with Gasteiger partial charge < -0.3 is 9.67 Å². The normalized spacial score (nSPS) is 15.6. The van der Waals surface area contributed by atoms with Crippen molar-refractivity contribution in [1.29, 1.82) is 0 Å². The summed E-state index contributed by atoms with van der Waals surface area (Å²) in [6.45, 7) is 0. The first kappa shape index (κ1) is 9.66. The molecule has 1 saturated carbocycles. The van der Waals surface area contributed by atoms with Gasteiger partial charge in [-0.05, 0) is 42.6 Å². The first-order chi connectivity index (χ1) is 7.66. The molecule has 0 bridgehead atoms. The van der Waals surface area contributed by atoms with E-state index in [2.05, 4.69) is 4.98 Å². The fourth-order valence-corrected chi connectivity index (χ4v) is 2.20. The lowest BCUT2D eigenvalue weighted by Gasteiger charge is -2.02. The van der Waals surface area contributed by atoms with E-state index in [1.54, 1.807) is 18.2 Å². The maximum absolute atomic E-state index is 10.8. The van der Waals surface area contributed by atoms with Gasteiger partial charge in [0.15, 0.2) is 0 Å². The van der Waals surface area contributed by atoms with E-state index in [0.717, 1.165) is 18.4 Å². The molecule has 3 rings (SSSR count). The van der Waals surface area contributed by atoms with E-state index in [0.29, 0.717) is 16.8 Å². The van der Waals surface area contributed by atoms with Gasteiger partial charge >= 0.3 is 5.97 Å². The molecular weight excluding hydrogens is 228 g/mol. The summed E-state index contributed by atoms with van der Waals surface area (Å²) in [5.74, 6) is -0.945. The van der Waals surface area contributed by atoms with Gasteiger partial charge in [-0.1, -0.05) is 0 Å². The Balaban J connectivity index is 2.23. The summed E-state index contributed by atoms with van der Waals surface area (Å²) in [6.07, 6.45) is 2.23. The summed E-state index contributed by atoms with van der Waals surface area (Å²) in [4.78, 5) is 15.0. The molecule has 2 aromatic rings. The van der Waals surface area contributed by atoms with Gasteiger partial charge in [0, 0.05) is 6.04 Å². The van der Waals surface area contributed by atoms with Gasteiger partial charge in [-0.2, -0.15) is 0 Å². The molecule has 1 aromatic heterocycles. The minimum atomic E-state index is -0.945. The summed E-state index contributed by atoms with van der Waals surface area (Å²) >= 11 is 6.04. The van der Waals surface area contributed by atoms with Gasteiger partial charge in [-0.15, -0.1) is 0 Å². The number of carboxylic acid groups (broad SMARTS) is 1. The van der Waals surface area contributed by atoms with Crippen LogP contribution in [0.4, 0.5) is 0 Å². The van der Waals surface area contributed by atoms with Crippen LogP contribution in [-0.2, 0) is 0 Å². The Hall–Kier alpha value is -1.55. The third kappa shape index (κ3) is 1.38. The van der Waals surface area contributed by atoms with Crippen LogP contribution in [0.3, 0.4) is 0 Å². The Kier molecular flexibility index (Phi) is 1.94. The van der Waals surface area contributed by atoms with Crippen molar-refractivity contribution < 1.29 is 9.90 Å². The minimum Gasteiger partial charge on any atom is -0.478 e. The highest BCUT2D eigenvalue weighted by Gasteiger charge is 2.27. The molecule has 1 aliphatic carbocycles. The molecule has 1 heterocycles. The van der Waals surface area contributed by atoms with Crippen LogP contribution in [0, 0.1) is 0 Å². The average molecular weight is 237 g/mol. The number of nitrogens with zero attached hydrogens (tertiary/aromatic N) is 2. The molecular formula is C11H9ClN2O2. The van der Waals surface area contributed by atoms with E-state index < -0.39 is 5.97 Å². The summed E-state index contributed by atoms with van der Waals surface area (Å²) in [6, 6.07) is 5.35. The second-order valence-electron chi connectivity index (χ2n) is 3.99. The van der Waals surface area contributed by atoms with Crippen molar-refractivity contribution in [1.82, 2.24) is 9.55 Å². The maximum Gasteiger partial charge on any atom is 0.335 e. The quantitative estimate of drug-likeness (QED) is 0.872. The number of benzene rings is 1. The van der Waals surface area contributed by atoms with Crippen LogP contribution < -0.4 is 0 Å². The van der Waals surface area contributed by atoms with E-state index in [1.165, 1.54) is 0 Å². The molecule has 1 N–H and O–H groups in total. The maximum atomic E-state index is 10.8. The fourth-order valence-electron chi connectivity index (χ4n) is 1.88. The van der Waals surface area contributed by atoms with E-state index in [9.17, 15) is 4.79 Å². The van der Waals surface area contributed by atoms with Crippen molar-refractivity contribution in [2.75, 3.05) is 0 Å². The number of hydrogen-bond donors (Lipinski definition) is 1. The Bertz CT molecular complexity index is 587. The Morgan fingerprint density at radius 1 is 1.50 bits per heavy atom. The van der Waals surface area contributed by atoms with E-state index >= 15 is 0 Å². The molecule has 0 saturated heterocycles. The molecule has 0 unspecified atom stereocenters. The van der Waals surface area contributed by atoms with Gasteiger partial charge in [0.2, 0.25) is 5.28 Å². The zero-order valence-electron chi connectivity index (χ0n) is 8.35. The highest BCUT2D eigenvalue weighted by Crippen LogP contribution is 2.39. The third-order valence-corrected chi connectivity index (χ3v) is 3.07. The molecule has 1 aromatic carbocycles. The van der Waals surface area contributed by atoms with Crippen LogP contribution in [0.2, 0.25) is 5.28 Å². The molecule has 0 radical (unpaired) electrons. The van der Waals surface area contributed by atoms with Crippen molar-refractivity contribution in [2.45, 2.75) is 18.9 Å². The van der Waals surface area contributed by atoms with Crippen LogP contribution in [0.5, 0.6) is 0 Å². The molecule has 4 nitrogen and oxygen atoms in total. The first-order valence-electron chi connectivity index (χ1n) is 5.07. The second-order valence-corrected chi connectivity index (χ2v) is 4.33. The molecule has 0 atom stereocenters. The highest BCUT2D eigenvalue weighted by atomic mass is 35.5. The first-order valence-corrected chi connectivity index (χ1v) is 5.45. The van der Waals surface area contributed by atoms with Crippen LogP contribution in [0.25, 0.3) is 11.0 Å². The number of halogens is 1. The lowest BCUT2D eigenvalue weighted by molar-refractivity contribution is 0.0697. The zero-order chi connectivity index (χ0) is 11.3. The van der Waals surface area contributed by atoms with Gasteiger partial charge in [0.05, 0.1) is 16.6 Å². The Morgan fingerprint density at radius 3 is 2.88 bits per heavy atom. The van der Waals surface area contributed by atoms with Crippen molar-refractivity contribution in [3.63, 3.8) is 0 Å². The molecule has 5 heteroatoms. The average Bonchev–Trinajstić information content (AvgIpc) is 3.00. The molecule has 0 spiro atoms.